The maximum atomic E-state index is 11.3. The van der Waals surface area contributed by atoms with E-state index in [2.05, 4.69) is 22.4 Å². The normalized spacial score (nSPS) is 15.9. The molecule has 5 heteroatoms. The molecule has 0 aliphatic heterocycles. The van der Waals surface area contributed by atoms with Gasteiger partial charge in [-0.2, -0.15) is 0 Å². The van der Waals surface area contributed by atoms with Crippen LogP contribution in [0, 0.1) is 12.8 Å². The van der Waals surface area contributed by atoms with Crippen molar-refractivity contribution in [2.75, 3.05) is 11.6 Å². The number of aliphatic carboxylic acids is 1. The molecule has 110 valence electrons. The first kappa shape index (κ1) is 14.2. The number of aromatic nitrogens is 1. The van der Waals surface area contributed by atoms with E-state index in [0.29, 0.717) is 5.82 Å². The standard InChI is InChI=1S/C16H18N2O2S/c1-9-7-14(18-15(16(19)20)10-3-4-10)17-13-8-11(21-2)5-6-12(9)13/h5-8,10,15H,3-4H2,1-2H3,(H,17,18)(H,19,20)/t15-/m0/s1. The summed E-state index contributed by atoms with van der Waals surface area (Å²) < 4.78 is 0. The van der Waals surface area contributed by atoms with Crippen molar-refractivity contribution in [3.05, 3.63) is 29.8 Å². The number of rotatable bonds is 5. The van der Waals surface area contributed by atoms with Crippen molar-refractivity contribution in [1.82, 2.24) is 4.98 Å². The summed E-state index contributed by atoms with van der Waals surface area (Å²) in [5.41, 5.74) is 2.01. The lowest BCUT2D eigenvalue weighted by Gasteiger charge is -2.15. The zero-order valence-corrected chi connectivity index (χ0v) is 12.9. The first-order valence-electron chi connectivity index (χ1n) is 7.03. The molecule has 1 heterocycles. The number of benzene rings is 1. The average molecular weight is 302 g/mol. The largest absolute Gasteiger partial charge is 0.480 e. The van der Waals surface area contributed by atoms with E-state index in [0.717, 1.165) is 34.2 Å². The molecule has 0 bridgehead atoms. The van der Waals surface area contributed by atoms with Crippen LogP contribution in [-0.2, 0) is 4.79 Å². The van der Waals surface area contributed by atoms with E-state index in [-0.39, 0.29) is 5.92 Å². The van der Waals surface area contributed by atoms with E-state index in [9.17, 15) is 9.90 Å². The number of carboxylic acid groups (broad SMARTS) is 1. The quantitative estimate of drug-likeness (QED) is 0.827. The third-order valence-corrected chi connectivity index (χ3v) is 4.61. The molecule has 2 N–H and O–H groups in total. The van der Waals surface area contributed by atoms with Crippen LogP contribution in [0.3, 0.4) is 0 Å². The third-order valence-electron chi connectivity index (χ3n) is 3.89. The van der Waals surface area contributed by atoms with Gasteiger partial charge in [0.2, 0.25) is 0 Å². The smallest absolute Gasteiger partial charge is 0.326 e. The van der Waals surface area contributed by atoms with Crippen LogP contribution >= 0.6 is 11.8 Å². The Balaban J connectivity index is 1.96. The van der Waals surface area contributed by atoms with Crippen molar-refractivity contribution in [1.29, 1.82) is 0 Å². The second-order valence-electron chi connectivity index (χ2n) is 5.51. The van der Waals surface area contributed by atoms with Crippen LogP contribution in [0.1, 0.15) is 18.4 Å². The van der Waals surface area contributed by atoms with Crippen molar-refractivity contribution >= 4 is 34.5 Å². The Labute approximate surface area is 128 Å². The minimum atomic E-state index is -0.796. The SMILES string of the molecule is CSc1ccc2c(C)cc(N[C@H](C(=O)O)C3CC3)nc2c1. The summed E-state index contributed by atoms with van der Waals surface area (Å²) in [6.45, 7) is 2.03. The lowest BCUT2D eigenvalue weighted by molar-refractivity contribution is -0.138. The molecule has 21 heavy (non-hydrogen) atoms. The Kier molecular flexibility index (Phi) is 3.76. The first-order chi connectivity index (χ1) is 10.1. The fourth-order valence-electron chi connectivity index (χ4n) is 2.55. The van der Waals surface area contributed by atoms with Gasteiger partial charge in [-0.25, -0.2) is 9.78 Å². The van der Waals surface area contributed by atoms with Crippen LogP contribution in [0.25, 0.3) is 10.9 Å². The van der Waals surface area contributed by atoms with Gasteiger partial charge < -0.3 is 10.4 Å². The maximum Gasteiger partial charge on any atom is 0.326 e. The predicted octanol–water partition coefficient (Wildman–Crippen LogP) is 3.54. The lowest BCUT2D eigenvalue weighted by atomic mass is 10.1. The number of carboxylic acids is 1. The Morgan fingerprint density at radius 2 is 2.19 bits per heavy atom. The minimum absolute atomic E-state index is 0.234. The van der Waals surface area contributed by atoms with Gasteiger partial charge >= 0.3 is 5.97 Å². The van der Waals surface area contributed by atoms with Gasteiger partial charge in [-0.1, -0.05) is 6.07 Å². The van der Waals surface area contributed by atoms with E-state index >= 15 is 0 Å². The summed E-state index contributed by atoms with van der Waals surface area (Å²) >= 11 is 1.67. The fourth-order valence-corrected chi connectivity index (χ4v) is 2.99. The van der Waals surface area contributed by atoms with Crippen LogP contribution in [0.4, 0.5) is 5.82 Å². The first-order valence-corrected chi connectivity index (χ1v) is 8.25. The number of aryl methyl sites for hydroxylation is 1. The summed E-state index contributed by atoms with van der Waals surface area (Å²) in [5.74, 6) is 0.0882. The van der Waals surface area contributed by atoms with E-state index in [1.165, 1.54) is 0 Å². The van der Waals surface area contributed by atoms with Crippen LogP contribution in [0.5, 0.6) is 0 Å². The highest BCUT2D eigenvalue weighted by molar-refractivity contribution is 7.98. The zero-order chi connectivity index (χ0) is 15.0. The number of fused-ring (bicyclic) bond motifs is 1. The van der Waals surface area contributed by atoms with E-state index in [4.69, 9.17) is 0 Å². The van der Waals surface area contributed by atoms with Gasteiger partial charge in [-0.3, -0.25) is 0 Å². The van der Waals surface area contributed by atoms with E-state index in [1.807, 2.05) is 25.3 Å². The lowest BCUT2D eigenvalue weighted by Crippen LogP contribution is -2.31. The number of nitrogens with one attached hydrogen (secondary N) is 1. The number of hydrogen-bond donors (Lipinski definition) is 2. The Bertz CT molecular complexity index is 698. The molecule has 0 amide bonds. The highest BCUT2D eigenvalue weighted by atomic mass is 32.2. The zero-order valence-electron chi connectivity index (χ0n) is 12.1. The van der Waals surface area contributed by atoms with Crippen LogP contribution < -0.4 is 5.32 Å². The highest BCUT2D eigenvalue weighted by Gasteiger charge is 2.36. The molecule has 2 aromatic rings. The maximum absolute atomic E-state index is 11.3. The number of thioether (sulfide) groups is 1. The second-order valence-corrected chi connectivity index (χ2v) is 6.38. The molecule has 1 fully saturated rings. The van der Waals surface area contributed by atoms with Gasteiger partial charge in [-0.05, 0) is 55.7 Å². The molecule has 0 radical (unpaired) electrons. The summed E-state index contributed by atoms with van der Waals surface area (Å²) in [5, 5.41) is 13.5. The molecule has 0 spiro atoms. The molecule has 1 aromatic carbocycles. The van der Waals surface area contributed by atoms with Crippen LogP contribution in [0.2, 0.25) is 0 Å². The van der Waals surface area contributed by atoms with Crippen molar-refractivity contribution < 1.29 is 9.90 Å². The van der Waals surface area contributed by atoms with Gasteiger partial charge in [0.15, 0.2) is 0 Å². The van der Waals surface area contributed by atoms with E-state index < -0.39 is 12.0 Å². The predicted molar refractivity (Wildman–Crippen MR) is 86.0 cm³/mol. The van der Waals surface area contributed by atoms with Crippen molar-refractivity contribution in [2.24, 2.45) is 5.92 Å². The van der Waals surface area contributed by atoms with Gasteiger partial charge in [0, 0.05) is 10.3 Å². The number of nitrogens with zero attached hydrogens (tertiary/aromatic N) is 1. The van der Waals surface area contributed by atoms with Crippen molar-refractivity contribution in [3.8, 4) is 0 Å². The molecule has 3 rings (SSSR count). The van der Waals surface area contributed by atoms with Gasteiger partial charge in [0.05, 0.1) is 5.52 Å². The molecule has 1 atom stereocenters. The summed E-state index contributed by atoms with van der Waals surface area (Å²) in [7, 11) is 0. The molecule has 1 aliphatic rings. The Morgan fingerprint density at radius 3 is 2.81 bits per heavy atom. The number of anilines is 1. The molecule has 1 aliphatic carbocycles. The third kappa shape index (κ3) is 2.97. The number of pyridine rings is 1. The summed E-state index contributed by atoms with van der Waals surface area (Å²) in [6, 6.07) is 7.60. The molecule has 1 aromatic heterocycles. The molecule has 0 saturated heterocycles. The van der Waals surface area contributed by atoms with E-state index in [1.54, 1.807) is 11.8 Å². The summed E-state index contributed by atoms with van der Waals surface area (Å²) in [4.78, 5) is 17.1. The monoisotopic (exact) mass is 302 g/mol. The molecular formula is C16H18N2O2S. The fraction of sp³-hybridized carbons (Fsp3) is 0.375. The summed E-state index contributed by atoms with van der Waals surface area (Å²) in [6.07, 6.45) is 3.99. The molecule has 0 unspecified atom stereocenters. The van der Waals surface area contributed by atoms with Crippen LogP contribution in [-0.4, -0.2) is 28.4 Å². The minimum Gasteiger partial charge on any atom is -0.480 e. The van der Waals surface area contributed by atoms with Crippen molar-refractivity contribution in [2.45, 2.75) is 30.7 Å². The van der Waals surface area contributed by atoms with Crippen LogP contribution in [0.15, 0.2) is 29.2 Å². The van der Waals surface area contributed by atoms with Gasteiger partial charge in [0.25, 0.3) is 0 Å². The van der Waals surface area contributed by atoms with Gasteiger partial charge in [-0.15, -0.1) is 11.8 Å². The molecule has 4 nitrogen and oxygen atoms in total. The second kappa shape index (κ2) is 5.56. The number of hydrogen-bond acceptors (Lipinski definition) is 4. The molecule has 1 saturated carbocycles. The number of carbonyl (C=O) groups is 1. The Morgan fingerprint density at radius 1 is 1.43 bits per heavy atom. The Hall–Kier alpha value is -1.75. The topological polar surface area (TPSA) is 62.2 Å². The highest BCUT2D eigenvalue weighted by Crippen LogP contribution is 2.34. The molecular weight excluding hydrogens is 284 g/mol. The average Bonchev–Trinajstić information content (AvgIpc) is 3.28. The van der Waals surface area contributed by atoms with Crippen molar-refractivity contribution in [3.63, 3.8) is 0 Å². The van der Waals surface area contributed by atoms with Gasteiger partial charge in [0.1, 0.15) is 11.9 Å².